The molecule has 2 N–H and O–H groups in total. The molecular formula is C17H19FN2O. The molecule has 21 heavy (non-hydrogen) atoms. The Morgan fingerprint density at radius 1 is 1.19 bits per heavy atom. The standard InChI is InChI=1S/C17H19FN2O/c1-11-10-14(8-9-17(11)20-13(3)21)19-12(2)15-6-4-5-7-16(15)18/h4-10,12,19H,1-3H3,(H,20,21). The molecule has 1 amide bonds. The predicted molar refractivity (Wildman–Crippen MR) is 83.9 cm³/mol. The fourth-order valence-corrected chi connectivity index (χ4v) is 2.24. The molecule has 0 fully saturated rings. The maximum atomic E-state index is 13.7. The van der Waals surface area contributed by atoms with Gasteiger partial charge >= 0.3 is 0 Å². The van der Waals surface area contributed by atoms with Crippen molar-refractivity contribution in [3.8, 4) is 0 Å². The summed E-state index contributed by atoms with van der Waals surface area (Å²) < 4.78 is 13.7. The topological polar surface area (TPSA) is 41.1 Å². The summed E-state index contributed by atoms with van der Waals surface area (Å²) in [6, 6.07) is 12.2. The summed E-state index contributed by atoms with van der Waals surface area (Å²) in [4.78, 5) is 11.1. The molecule has 1 unspecified atom stereocenters. The molecule has 1 atom stereocenters. The lowest BCUT2D eigenvalue weighted by atomic mass is 10.1. The lowest BCUT2D eigenvalue weighted by Crippen LogP contribution is -2.10. The van der Waals surface area contributed by atoms with Crippen molar-refractivity contribution in [1.82, 2.24) is 0 Å². The highest BCUT2D eigenvalue weighted by atomic mass is 19.1. The molecule has 4 heteroatoms. The van der Waals surface area contributed by atoms with Gasteiger partial charge in [0.05, 0.1) is 6.04 Å². The van der Waals surface area contributed by atoms with E-state index in [-0.39, 0.29) is 17.8 Å². The van der Waals surface area contributed by atoms with E-state index in [0.717, 1.165) is 16.9 Å². The normalized spacial score (nSPS) is 11.8. The lowest BCUT2D eigenvalue weighted by Gasteiger charge is -2.17. The van der Waals surface area contributed by atoms with E-state index in [0.29, 0.717) is 5.56 Å². The van der Waals surface area contributed by atoms with Crippen LogP contribution in [0.1, 0.15) is 31.0 Å². The van der Waals surface area contributed by atoms with Crippen LogP contribution in [0, 0.1) is 12.7 Å². The summed E-state index contributed by atoms with van der Waals surface area (Å²) in [6.07, 6.45) is 0. The number of halogens is 1. The third kappa shape index (κ3) is 3.81. The van der Waals surface area contributed by atoms with E-state index < -0.39 is 0 Å². The van der Waals surface area contributed by atoms with Gasteiger partial charge in [-0.2, -0.15) is 0 Å². The number of hydrogen-bond acceptors (Lipinski definition) is 2. The molecule has 3 nitrogen and oxygen atoms in total. The minimum absolute atomic E-state index is 0.0986. The number of benzene rings is 2. The zero-order chi connectivity index (χ0) is 15.4. The molecule has 0 saturated carbocycles. The Bertz CT molecular complexity index is 655. The van der Waals surface area contributed by atoms with Gasteiger partial charge in [0.25, 0.3) is 0 Å². The average molecular weight is 286 g/mol. The molecule has 0 aliphatic rings. The van der Waals surface area contributed by atoms with Crippen LogP contribution in [0.25, 0.3) is 0 Å². The number of carbonyl (C=O) groups excluding carboxylic acids is 1. The van der Waals surface area contributed by atoms with Crippen LogP contribution in [0.4, 0.5) is 15.8 Å². The van der Waals surface area contributed by atoms with Crippen molar-refractivity contribution in [2.45, 2.75) is 26.8 Å². The maximum absolute atomic E-state index is 13.7. The summed E-state index contributed by atoms with van der Waals surface area (Å²) in [7, 11) is 0. The first-order chi connectivity index (χ1) is 9.97. The first-order valence-corrected chi connectivity index (χ1v) is 6.86. The van der Waals surface area contributed by atoms with Gasteiger partial charge in [0.2, 0.25) is 5.91 Å². The van der Waals surface area contributed by atoms with Crippen LogP contribution in [0.5, 0.6) is 0 Å². The molecule has 0 aliphatic carbocycles. The number of anilines is 2. The molecule has 0 aliphatic heterocycles. The van der Waals surface area contributed by atoms with Crippen molar-refractivity contribution < 1.29 is 9.18 Å². The van der Waals surface area contributed by atoms with Gasteiger partial charge in [0.1, 0.15) is 5.82 Å². The number of aryl methyl sites for hydroxylation is 1. The largest absolute Gasteiger partial charge is 0.378 e. The quantitative estimate of drug-likeness (QED) is 0.881. The summed E-state index contributed by atoms with van der Waals surface area (Å²) in [5, 5.41) is 6.04. The molecule has 2 rings (SSSR count). The van der Waals surface area contributed by atoms with E-state index in [2.05, 4.69) is 10.6 Å². The highest BCUT2D eigenvalue weighted by Gasteiger charge is 2.10. The van der Waals surface area contributed by atoms with Crippen LogP contribution in [-0.4, -0.2) is 5.91 Å². The second-order valence-electron chi connectivity index (χ2n) is 5.10. The Hall–Kier alpha value is -2.36. The molecule has 0 spiro atoms. The Balaban J connectivity index is 2.15. The molecule has 110 valence electrons. The van der Waals surface area contributed by atoms with Crippen LogP contribution in [0.2, 0.25) is 0 Å². The van der Waals surface area contributed by atoms with Gasteiger partial charge in [-0.05, 0) is 43.7 Å². The summed E-state index contributed by atoms with van der Waals surface area (Å²) in [5.41, 5.74) is 3.25. The highest BCUT2D eigenvalue weighted by molar-refractivity contribution is 5.89. The fraction of sp³-hybridized carbons (Fsp3) is 0.235. The van der Waals surface area contributed by atoms with Crippen LogP contribution in [0.15, 0.2) is 42.5 Å². The Morgan fingerprint density at radius 2 is 1.90 bits per heavy atom. The number of amides is 1. The second kappa shape index (κ2) is 6.39. The molecule has 0 saturated heterocycles. The second-order valence-corrected chi connectivity index (χ2v) is 5.10. The highest BCUT2D eigenvalue weighted by Crippen LogP contribution is 2.25. The van der Waals surface area contributed by atoms with Crippen molar-refractivity contribution in [2.24, 2.45) is 0 Å². The van der Waals surface area contributed by atoms with Gasteiger partial charge < -0.3 is 10.6 Å². The van der Waals surface area contributed by atoms with E-state index in [1.807, 2.05) is 38.1 Å². The zero-order valence-corrected chi connectivity index (χ0v) is 12.4. The summed E-state index contributed by atoms with van der Waals surface area (Å²) in [5.74, 6) is -0.317. The first kappa shape index (κ1) is 15.0. The number of nitrogens with one attached hydrogen (secondary N) is 2. The summed E-state index contributed by atoms with van der Waals surface area (Å²) in [6.45, 7) is 5.31. The van der Waals surface area contributed by atoms with E-state index in [1.54, 1.807) is 12.1 Å². The number of carbonyl (C=O) groups is 1. The van der Waals surface area contributed by atoms with Gasteiger partial charge in [-0.1, -0.05) is 18.2 Å². The van der Waals surface area contributed by atoms with Crippen molar-refractivity contribution in [3.05, 3.63) is 59.4 Å². The molecule has 2 aromatic carbocycles. The van der Waals surface area contributed by atoms with Crippen molar-refractivity contribution in [3.63, 3.8) is 0 Å². The van der Waals surface area contributed by atoms with E-state index in [4.69, 9.17) is 0 Å². The fourth-order valence-electron chi connectivity index (χ4n) is 2.24. The Kier molecular flexibility index (Phi) is 4.58. The zero-order valence-electron chi connectivity index (χ0n) is 12.4. The van der Waals surface area contributed by atoms with Crippen LogP contribution in [-0.2, 0) is 4.79 Å². The van der Waals surface area contributed by atoms with Crippen LogP contribution in [0.3, 0.4) is 0 Å². The molecule has 2 aromatic rings. The van der Waals surface area contributed by atoms with Gasteiger partial charge in [-0.25, -0.2) is 4.39 Å². The average Bonchev–Trinajstić information content (AvgIpc) is 2.42. The number of rotatable bonds is 4. The van der Waals surface area contributed by atoms with Gasteiger partial charge in [0, 0.05) is 23.9 Å². The predicted octanol–water partition coefficient (Wildman–Crippen LogP) is 4.27. The minimum Gasteiger partial charge on any atom is -0.378 e. The van der Waals surface area contributed by atoms with Gasteiger partial charge in [-0.3, -0.25) is 4.79 Å². The first-order valence-electron chi connectivity index (χ1n) is 6.86. The third-order valence-electron chi connectivity index (χ3n) is 3.29. The molecule has 0 bridgehead atoms. The Labute approximate surface area is 124 Å². The SMILES string of the molecule is CC(=O)Nc1ccc(NC(C)c2ccccc2F)cc1C. The van der Waals surface area contributed by atoms with E-state index in [1.165, 1.54) is 13.0 Å². The molecular weight excluding hydrogens is 267 g/mol. The van der Waals surface area contributed by atoms with Gasteiger partial charge in [-0.15, -0.1) is 0 Å². The van der Waals surface area contributed by atoms with Gasteiger partial charge in [0.15, 0.2) is 0 Å². The molecule has 0 heterocycles. The minimum atomic E-state index is -0.218. The molecule has 0 radical (unpaired) electrons. The Morgan fingerprint density at radius 3 is 2.52 bits per heavy atom. The van der Waals surface area contributed by atoms with Crippen molar-refractivity contribution in [1.29, 1.82) is 0 Å². The lowest BCUT2D eigenvalue weighted by molar-refractivity contribution is -0.114. The monoisotopic (exact) mass is 286 g/mol. The van der Waals surface area contributed by atoms with Crippen molar-refractivity contribution >= 4 is 17.3 Å². The van der Waals surface area contributed by atoms with Crippen LogP contribution < -0.4 is 10.6 Å². The number of hydrogen-bond donors (Lipinski definition) is 2. The van der Waals surface area contributed by atoms with Crippen LogP contribution >= 0.6 is 0 Å². The van der Waals surface area contributed by atoms with E-state index in [9.17, 15) is 9.18 Å². The maximum Gasteiger partial charge on any atom is 0.221 e. The van der Waals surface area contributed by atoms with E-state index >= 15 is 0 Å². The smallest absolute Gasteiger partial charge is 0.221 e. The summed E-state index contributed by atoms with van der Waals surface area (Å²) >= 11 is 0. The molecule has 0 aromatic heterocycles. The van der Waals surface area contributed by atoms with Crippen molar-refractivity contribution in [2.75, 3.05) is 10.6 Å². The third-order valence-corrected chi connectivity index (χ3v) is 3.29.